The summed E-state index contributed by atoms with van der Waals surface area (Å²) < 4.78 is 46.1. The highest BCUT2D eigenvalue weighted by molar-refractivity contribution is 8.00. The average Bonchev–Trinajstić information content (AvgIpc) is 3.45. The van der Waals surface area contributed by atoms with E-state index < -0.39 is 0 Å². The Morgan fingerprint density at radius 2 is 1.03 bits per heavy atom. The number of rotatable bonds is 33. The van der Waals surface area contributed by atoms with Gasteiger partial charge in [0, 0.05) is 28.3 Å². The number of nitrogens with one attached hydrogen (secondary N) is 1. The van der Waals surface area contributed by atoms with Gasteiger partial charge in [-0.05, 0) is 200 Å². The van der Waals surface area contributed by atoms with Gasteiger partial charge in [-0.2, -0.15) is 5.10 Å². The Morgan fingerprint density at radius 1 is 0.584 bits per heavy atom. The van der Waals surface area contributed by atoms with Gasteiger partial charge in [-0.1, -0.05) is 37.1 Å². The standard InChI is InChI=1S/C61H77N3O12S/c1-4-58(65)71-38-14-8-6-12-36-69-50-26-30-52(31-27-50)73-42-45-18-22-47(23-19-45)60(67)75-54-34-35-56(49(40-54)41-63-64-44(3)77-57-17-11-10-16-55(57)62)76-61(68)48-24-20-46(21-25-48)43-74-53-32-28-51(29-33-53)70-37-13-7-9-15-39-72-59(66)5-2/h4-5,10-11,16-17,26-35,40-41,44-48,64H,1-2,6-9,12-15,18-25,36-39,42-43,62H2,3H3/b63-41+. The highest BCUT2D eigenvalue weighted by Crippen LogP contribution is 2.35. The van der Waals surface area contributed by atoms with Crippen molar-refractivity contribution in [3.8, 4) is 34.5 Å². The molecule has 16 heteroatoms. The summed E-state index contributed by atoms with van der Waals surface area (Å²) in [6.07, 6.45) is 17.3. The van der Waals surface area contributed by atoms with E-state index in [1.165, 1.54) is 23.9 Å². The summed E-state index contributed by atoms with van der Waals surface area (Å²) in [4.78, 5) is 50.5. The Kier molecular flexibility index (Phi) is 25.6. The molecule has 1 atom stereocenters. The first-order chi connectivity index (χ1) is 37.5. The third-order valence-electron chi connectivity index (χ3n) is 13.5. The van der Waals surface area contributed by atoms with Crippen molar-refractivity contribution in [3.63, 3.8) is 0 Å². The molecule has 0 radical (unpaired) electrons. The van der Waals surface area contributed by atoms with Crippen LogP contribution in [0, 0.1) is 23.7 Å². The number of nitrogens with two attached hydrogens (primary N) is 1. The Labute approximate surface area is 458 Å². The van der Waals surface area contributed by atoms with Crippen LogP contribution in [0.2, 0.25) is 0 Å². The highest BCUT2D eigenvalue weighted by Gasteiger charge is 2.30. The van der Waals surface area contributed by atoms with Crippen LogP contribution in [-0.4, -0.2) is 75.1 Å². The molecule has 4 aromatic carbocycles. The van der Waals surface area contributed by atoms with Gasteiger partial charge in [-0.15, -0.1) is 0 Å². The lowest BCUT2D eigenvalue weighted by atomic mass is 9.82. The normalized spacial score (nSPS) is 17.5. The first kappa shape index (κ1) is 59.3. The highest BCUT2D eigenvalue weighted by atomic mass is 32.2. The topological polar surface area (TPSA) is 193 Å². The SMILES string of the molecule is C=CC(=O)OCCCCCCOc1ccc(OCC2CCC(C(=O)Oc3ccc(OC(=O)C4CCC(COc5ccc(OCCCCCCOC(=O)C=C)cc5)CC4)c(/C=N/NC(C)Sc4ccccc4N)c3)CC2)cc1. The van der Waals surface area contributed by atoms with Gasteiger partial charge in [0.05, 0.1) is 63.1 Å². The molecule has 2 saturated carbocycles. The minimum Gasteiger partial charge on any atom is -0.494 e. The summed E-state index contributed by atoms with van der Waals surface area (Å²) in [7, 11) is 0. The molecule has 3 N–H and O–H groups in total. The molecule has 2 aliphatic carbocycles. The number of thioether (sulfide) groups is 1. The minimum absolute atomic E-state index is 0.140. The van der Waals surface area contributed by atoms with Gasteiger partial charge >= 0.3 is 23.9 Å². The van der Waals surface area contributed by atoms with Crippen LogP contribution in [0.25, 0.3) is 0 Å². The minimum atomic E-state index is -0.388. The Hall–Kier alpha value is -6.94. The zero-order chi connectivity index (χ0) is 54.5. The molecule has 0 spiro atoms. The second kappa shape index (κ2) is 33.3. The number of para-hydroxylation sites is 1. The van der Waals surface area contributed by atoms with E-state index in [2.05, 4.69) is 23.7 Å². The largest absolute Gasteiger partial charge is 0.494 e. The predicted molar refractivity (Wildman–Crippen MR) is 300 cm³/mol. The number of hydrogen-bond acceptors (Lipinski definition) is 16. The van der Waals surface area contributed by atoms with Crippen molar-refractivity contribution < 1.29 is 57.1 Å². The molecule has 0 aliphatic heterocycles. The Morgan fingerprint density at radius 3 is 1.51 bits per heavy atom. The number of carbonyl (C=O) groups excluding carboxylic acids is 4. The van der Waals surface area contributed by atoms with Crippen molar-refractivity contribution in [2.75, 3.05) is 45.4 Å². The Balaban J connectivity index is 0.923. The molecule has 0 saturated heterocycles. The molecule has 77 heavy (non-hydrogen) atoms. The van der Waals surface area contributed by atoms with Crippen molar-refractivity contribution >= 4 is 47.5 Å². The second-order valence-corrected chi connectivity index (χ2v) is 20.9. The third kappa shape index (κ3) is 21.9. The zero-order valence-corrected chi connectivity index (χ0v) is 45.4. The molecule has 0 bridgehead atoms. The van der Waals surface area contributed by atoms with Gasteiger partial charge in [-0.3, -0.25) is 15.0 Å². The van der Waals surface area contributed by atoms with E-state index in [9.17, 15) is 19.2 Å². The number of ether oxygens (including phenoxy) is 8. The van der Waals surface area contributed by atoms with E-state index in [0.29, 0.717) is 99.9 Å². The van der Waals surface area contributed by atoms with E-state index >= 15 is 0 Å². The van der Waals surface area contributed by atoms with Crippen molar-refractivity contribution in [1.29, 1.82) is 0 Å². The van der Waals surface area contributed by atoms with E-state index in [4.69, 9.17) is 43.6 Å². The summed E-state index contributed by atoms with van der Waals surface area (Å²) in [6.45, 7) is 11.9. The number of nitrogen functional groups attached to an aromatic ring is 1. The summed E-state index contributed by atoms with van der Waals surface area (Å²) in [5.74, 6) is 2.50. The van der Waals surface area contributed by atoms with Crippen molar-refractivity contribution in [2.24, 2.45) is 28.8 Å². The molecule has 4 aromatic rings. The fourth-order valence-electron chi connectivity index (χ4n) is 8.97. The van der Waals surface area contributed by atoms with E-state index in [1.807, 2.05) is 79.7 Å². The second-order valence-electron chi connectivity index (χ2n) is 19.5. The smallest absolute Gasteiger partial charge is 0.330 e. The molecule has 6 rings (SSSR count). The molecule has 0 aromatic heterocycles. The van der Waals surface area contributed by atoms with Crippen LogP contribution < -0.4 is 39.6 Å². The first-order valence-electron chi connectivity index (χ1n) is 27.2. The fraction of sp³-hybridized carbons (Fsp3) is 0.459. The van der Waals surface area contributed by atoms with Crippen LogP contribution in [0.4, 0.5) is 5.69 Å². The van der Waals surface area contributed by atoms with Gasteiger partial charge < -0.3 is 43.6 Å². The quantitative estimate of drug-likeness (QED) is 0.00526. The van der Waals surface area contributed by atoms with Gasteiger partial charge in [-0.25, -0.2) is 9.59 Å². The third-order valence-corrected chi connectivity index (χ3v) is 14.6. The Bertz CT molecular complexity index is 2490. The monoisotopic (exact) mass is 1080 g/mol. The van der Waals surface area contributed by atoms with E-state index in [0.717, 1.165) is 105 Å². The van der Waals surface area contributed by atoms with Crippen LogP contribution in [0.5, 0.6) is 34.5 Å². The molecule has 15 nitrogen and oxygen atoms in total. The van der Waals surface area contributed by atoms with Crippen LogP contribution in [0.3, 0.4) is 0 Å². The molecule has 0 heterocycles. The molecular formula is C61H77N3O12S. The molecule has 414 valence electrons. The lowest BCUT2D eigenvalue weighted by Gasteiger charge is -2.27. The average molecular weight is 1080 g/mol. The number of benzene rings is 4. The number of hydrazone groups is 1. The maximum Gasteiger partial charge on any atom is 0.330 e. The van der Waals surface area contributed by atoms with Crippen LogP contribution in [0.1, 0.15) is 115 Å². The molecule has 1 unspecified atom stereocenters. The maximum atomic E-state index is 13.7. The summed E-state index contributed by atoms with van der Waals surface area (Å²) in [6, 6.07) is 28.0. The molecular weight excluding hydrogens is 999 g/mol. The van der Waals surface area contributed by atoms with Gasteiger partial charge in [0.25, 0.3) is 0 Å². The van der Waals surface area contributed by atoms with Gasteiger partial charge in [0.15, 0.2) is 0 Å². The summed E-state index contributed by atoms with van der Waals surface area (Å²) in [5.41, 5.74) is 10.5. The van der Waals surface area contributed by atoms with Gasteiger partial charge in [0.1, 0.15) is 34.5 Å². The van der Waals surface area contributed by atoms with Crippen LogP contribution in [0.15, 0.2) is 126 Å². The maximum absolute atomic E-state index is 13.7. The zero-order valence-electron chi connectivity index (χ0n) is 44.6. The number of anilines is 1. The van der Waals surface area contributed by atoms with Crippen LogP contribution >= 0.6 is 11.8 Å². The van der Waals surface area contributed by atoms with E-state index in [-0.39, 0.29) is 41.1 Å². The first-order valence-corrected chi connectivity index (χ1v) is 28.1. The molecule has 2 aliphatic rings. The number of hydrogen-bond donors (Lipinski definition) is 2. The van der Waals surface area contributed by atoms with Crippen LogP contribution in [-0.2, 0) is 28.7 Å². The van der Waals surface area contributed by atoms with Gasteiger partial charge in [0.2, 0.25) is 0 Å². The number of nitrogens with zero attached hydrogens (tertiary/aromatic N) is 1. The van der Waals surface area contributed by atoms with Crippen molar-refractivity contribution in [1.82, 2.24) is 5.43 Å². The lowest BCUT2D eigenvalue weighted by molar-refractivity contribution is -0.141. The molecule has 0 amide bonds. The number of unbranched alkanes of at least 4 members (excludes halogenated alkanes) is 6. The summed E-state index contributed by atoms with van der Waals surface area (Å²) in [5, 5.41) is 4.36. The lowest BCUT2D eigenvalue weighted by Crippen LogP contribution is -2.28. The van der Waals surface area contributed by atoms with E-state index in [1.54, 1.807) is 24.4 Å². The predicted octanol–water partition coefficient (Wildman–Crippen LogP) is 12.2. The van der Waals surface area contributed by atoms with Crippen molar-refractivity contribution in [3.05, 3.63) is 122 Å². The summed E-state index contributed by atoms with van der Waals surface area (Å²) >= 11 is 1.53. The van der Waals surface area contributed by atoms with Crippen molar-refractivity contribution in [2.45, 2.75) is 120 Å². The number of carbonyl (C=O) groups is 4. The molecule has 2 fully saturated rings. The number of esters is 4. The fourth-order valence-corrected chi connectivity index (χ4v) is 9.83.